The molecule has 0 saturated carbocycles. The van der Waals surface area contributed by atoms with Gasteiger partial charge in [-0.15, -0.1) is 0 Å². The van der Waals surface area contributed by atoms with E-state index >= 15 is 0 Å². The quantitative estimate of drug-likeness (QED) is 0.552. The fourth-order valence-electron chi connectivity index (χ4n) is 5.60. The third-order valence-electron chi connectivity index (χ3n) is 7.22. The number of aromatic amines is 1. The van der Waals surface area contributed by atoms with Crippen LogP contribution in [-0.2, 0) is 27.3 Å². The number of benzene rings is 2. The minimum Gasteiger partial charge on any atom is -0.361 e. The predicted octanol–water partition coefficient (Wildman–Crippen LogP) is 3.46. The molecule has 4 atom stereocenters. The topological polar surface area (TPSA) is 74.4 Å². The molecule has 2 saturated heterocycles. The maximum atomic E-state index is 13.4. The van der Waals surface area contributed by atoms with Gasteiger partial charge in [-0.25, -0.2) is 0 Å². The molecule has 3 aromatic rings. The van der Waals surface area contributed by atoms with Crippen LogP contribution in [0, 0.1) is 11.8 Å². The monoisotopic (exact) mass is 461 g/mol. The van der Waals surface area contributed by atoms with Gasteiger partial charge < -0.3 is 19.9 Å². The minimum atomic E-state index is -0.700. The van der Waals surface area contributed by atoms with Crippen molar-refractivity contribution in [2.45, 2.75) is 24.7 Å². The third kappa shape index (κ3) is 3.28. The summed E-state index contributed by atoms with van der Waals surface area (Å²) in [6, 6.07) is 15.6. The molecule has 33 heavy (non-hydrogen) atoms. The summed E-state index contributed by atoms with van der Waals surface area (Å²) in [5.41, 5.74) is 2.42. The third-order valence-corrected chi connectivity index (χ3v) is 7.59. The van der Waals surface area contributed by atoms with E-state index in [0.717, 1.165) is 17.5 Å². The molecule has 3 aliphatic heterocycles. The molecule has 2 bridgehead atoms. The number of nitrogens with one attached hydrogen (secondary N) is 2. The van der Waals surface area contributed by atoms with Gasteiger partial charge in [0.05, 0.1) is 24.5 Å². The number of para-hydroxylation sites is 1. The van der Waals surface area contributed by atoms with E-state index in [1.807, 2.05) is 59.6 Å². The van der Waals surface area contributed by atoms with Crippen LogP contribution in [0.2, 0.25) is 5.02 Å². The first-order valence-corrected chi connectivity index (χ1v) is 11.7. The summed E-state index contributed by atoms with van der Waals surface area (Å²) in [6.45, 7) is 1.40. The maximum absolute atomic E-state index is 13.4. The van der Waals surface area contributed by atoms with Gasteiger partial charge in [0.2, 0.25) is 11.8 Å². The highest BCUT2D eigenvalue weighted by atomic mass is 35.5. The van der Waals surface area contributed by atoms with E-state index < -0.39 is 17.4 Å². The molecule has 2 aromatic carbocycles. The van der Waals surface area contributed by atoms with Crippen molar-refractivity contribution in [3.8, 4) is 0 Å². The lowest BCUT2D eigenvalue weighted by atomic mass is 9.77. The molecule has 2 amide bonds. The number of carbonyl (C=O) groups is 2. The van der Waals surface area contributed by atoms with E-state index in [9.17, 15) is 9.59 Å². The van der Waals surface area contributed by atoms with E-state index in [-0.39, 0.29) is 17.9 Å². The molecule has 1 spiro atoms. The molecule has 7 heteroatoms. The van der Waals surface area contributed by atoms with E-state index in [1.165, 1.54) is 10.9 Å². The molecule has 2 N–H and O–H groups in total. The average molecular weight is 462 g/mol. The Balaban J connectivity index is 1.17. The molecule has 0 aliphatic carbocycles. The van der Waals surface area contributed by atoms with Gasteiger partial charge in [-0.3, -0.25) is 9.59 Å². The number of nitrogens with zero attached hydrogens (tertiary/aromatic N) is 1. The van der Waals surface area contributed by atoms with Crippen LogP contribution < -0.4 is 5.32 Å². The Hall–Kier alpha value is -3.09. The first-order chi connectivity index (χ1) is 16.1. The summed E-state index contributed by atoms with van der Waals surface area (Å²) >= 11 is 6.22. The highest BCUT2D eigenvalue weighted by Crippen LogP contribution is 2.51. The van der Waals surface area contributed by atoms with Gasteiger partial charge in [0.25, 0.3) is 0 Å². The second kappa shape index (κ2) is 7.75. The zero-order valence-corrected chi connectivity index (χ0v) is 18.7. The second-order valence-corrected chi connectivity index (χ2v) is 9.49. The SMILES string of the molecule is O=C(NCc1ccccc1Cl)[C@@H]1[C@H]2C=C[C@@]3(CN(CCc4c[nH]c5ccccc45)C(=O)[C@@H]13)O2. The first-order valence-electron chi connectivity index (χ1n) is 11.3. The Kier molecular flexibility index (Phi) is 4.82. The summed E-state index contributed by atoms with van der Waals surface area (Å²) in [4.78, 5) is 31.7. The number of carbonyl (C=O) groups excluding carboxylic acids is 2. The van der Waals surface area contributed by atoms with Crippen molar-refractivity contribution < 1.29 is 14.3 Å². The lowest BCUT2D eigenvalue weighted by molar-refractivity contribution is -0.137. The number of rotatable bonds is 6. The van der Waals surface area contributed by atoms with Gasteiger partial charge >= 0.3 is 0 Å². The van der Waals surface area contributed by atoms with Gasteiger partial charge in [-0.2, -0.15) is 0 Å². The maximum Gasteiger partial charge on any atom is 0.230 e. The predicted molar refractivity (Wildman–Crippen MR) is 126 cm³/mol. The van der Waals surface area contributed by atoms with Crippen LogP contribution in [-0.4, -0.2) is 46.5 Å². The van der Waals surface area contributed by atoms with Gasteiger partial charge in [0.1, 0.15) is 5.60 Å². The van der Waals surface area contributed by atoms with Crippen LogP contribution in [0.3, 0.4) is 0 Å². The van der Waals surface area contributed by atoms with E-state index in [2.05, 4.69) is 16.4 Å². The van der Waals surface area contributed by atoms with Crippen LogP contribution in [0.1, 0.15) is 11.1 Å². The van der Waals surface area contributed by atoms with E-state index in [0.29, 0.717) is 24.7 Å². The van der Waals surface area contributed by atoms with Gasteiger partial charge in [0.15, 0.2) is 0 Å². The van der Waals surface area contributed by atoms with Crippen molar-refractivity contribution in [1.29, 1.82) is 0 Å². The molecule has 6 nitrogen and oxygen atoms in total. The number of amides is 2. The van der Waals surface area contributed by atoms with E-state index in [4.69, 9.17) is 16.3 Å². The minimum absolute atomic E-state index is 0.000384. The molecule has 1 aromatic heterocycles. The number of likely N-dealkylation sites (tertiary alicyclic amines) is 1. The van der Waals surface area contributed by atoms with Crippen molar-refractivity contribution in [3.05, 3.63) is 83.0 Å². The van der Waals surface area contributed by atoms with Crippen LogP contribution in [0.5, 0.6) is 0 Å². The zero-order valence-electron chi connectivity index (χ0n) is 18.0. The summed E-state index contributed by atoms with van der Waals surface area (Å²) in [5.74, 6) is -1.17. The normalized spacial score (nSPS) is 27.5. The molecular weight excluding hydrogens is 438 g/mol. The highest BCUT2D eigenvalue weighted by molar-refractivity contribution is 6.31. The Morgan fingerprint density at radius 2 is 2.00 bits per heavy atom. The Morgan fingerprint density at radius 3 is 2.88 bits per heavy atom. The fraction of sp³-hybridized carbons (Fsp3) is 0.308. The standard InChI is InChI=1S/C26H24ClN3O3/c27-19-7-3-1-5-17(19)14-29-24(31)22-21-9-11-26(33-21)15-30(25(32)23(22)26)12-10-16-13-28-20-8-4-2-6-18(16)20/h1-9,11,13,21-23,28H,10,12,14-15H2,(H,29,31)/t21-,22-,23-,26+/m1/s1. The van der Waals surface area contributed by atoms with Crippen molar-refractivity contribution >= 4 is 34.3 Å². The van der Waals surface area contributed by atoms with Crippen molar-refractivity contribution in [2.75, 3.05) is 13.1 Å². The molecule has 0 unspecified atom stereocenters. The molecule has 6 rings (SSSR count). The lowest BCUT2D eigenvalue weighted by Crippen LogP contribution is -2.44. The molecule has 0 radical (unpaired) electrons. The summed E-state index contributed by atoms with van der Waals surface area (Å²) in [6.07, 6.45) is 6.32. The van der Waals surface area contributed by atoms with Crippen LogP contribution in [0.25, 0.3) is 10.9 Å². The second-order valence-electron chi connectivity index (χ2n) is 9.08. The Labute approximate surface area is 196 Å². The molecule has 2 fully saturated rings. The summed E-state index contributed by atoms with van der Waals surface area (Å²) in [5, 5.41) is 4.76. The number of H-pyrrole nitrogens is 1. The molecular formula is C26H24ClN3O3. The number of aromatic nitrogens is 1. The van der Waals surface area contributed by atoms with Crippen molar-refractivity contribution in [3.63, 3.8) is 0 Å². The molecule has 168 valence electrons. The van der Waals surface area contributed by atoms with E-state index in [1.54, 1.807) is 6.07 Å². The van der Waals surface area contributed by atoms with Gasteiger partial charge in [-0.05, 0) is 29.7 Å². The van der Waals surface area contributed by atoms with Crippen molar-refractivity contribution in [2.24, 2.45) is 11.8 Å². The summed E-state index contributed by atoms with van der Waals surface area (Å²) in [7, 11) is 0. The molecule has 4 heterocycles. The number of halogens is 1. The zero-order chi connectivity index (χ0) is 22.6. The Bertz CT molecular complexity index is 1280. The van der Waals surface area contributed by atoms with Crippen LogP contribution in [0.4, 0.5) is 0 Å². The highest BCUT2D eigenvalue weighted by Gasteiger charge is 2.66. The largest absolute Gasteiger partial charge is 0.361 e. The van der Waals surface area contributed by atoms with Crippen LogP contribution >= 0.6 is 11.6 Å². The van der Waals surface area contributed by atoms with Crippen molar-refractivity contribution in [1.82, 2.24) is 15.2 Å². The van der Waals surface area contributed by atoms with Crippen LogP contribution in [0.15, 0.2) is 66.9 Å². The summed E-state index contributed by atoms with van der Waals surface area (Å²) < 4.78 is 6.23. The number of fused-ring (bicyclic) bond motifs is 2. The average Bonchev–Trinajstić information content (AvgIpc) is 3.57. The van der Waals surface area contributed by atoms with Gasteiger partial charge in [0, 0.05) is 35.2 Å². The first kappa shape index (κ1) is 20.5. The molecule has 3 aliphatic rings. The number of ether oxygens (including phenoxy) is 1. The fourth-order valence-corrected chi connectivity index (χ4v) is 5.81. The number of hydrogen-bond donors (Lipinski definition) is 2. The Morgan fingerprint density at radius 1 is 1.18 bits per heavy atom. The lowest BCUT2D eigenvalue weighted by Gasteiger charge is -2.23. The van der Waals surface area contributed by atoms with Gasteiger partial charge in [-0.1, -0.05) is 60.2 Å². The smallest absolute Gasteiger partial charge is 0.230 e. The number of hydrogen-bond acceptors (Lipinski definition) is 3.